The van der Waals surface area contributed by atoms with Crippen molar-refractivity contribution in [3.05, 3.63) is 26.6 Å². The smallest absolute Gasteiger partial charge is 0.262 e. The molecular formula is C17H23N3O2S. The fraction of sp³-hybridized carbons (Fsp3) is 0.588. The van der Waals surface area contributed by atoms with E-state index >= 15 is 0 Å². The van der Waals surface area contributed by atoms with Gasteiger partial charge < -0.3 is 5.73 Å². The molecule has 0 bridgehead atoms. The zero-order chi connectivity index (χ0) is 16.4. The molecule has 6 heteroatoms. The van der Waals surface area contributed by atoms with Crippen LogP contribution in [0.1, 0.15) is 55.3 Å². The lowest BCUT2D eigenvalue weighted by Crippen LogP contribution is -2.26. The van der Waals surface area contributed by atoms with Crippen LogP contribution in [0.5, 0.6) is 0 Å². The first-order valence-corrected chi connectivity index (χ1v) is 9.25. The van der Waals surface area contributed by atoms with Crippen LogP contribution in [0.3, 0.4) is 0 Å². The molecule has 0 saturated carbocycles. The molecule has 2 aromatic rings. The van der Waals surface area contributed by atoms with E-state index in [4.69, 9.17) is 10.7 Å². The van der Waals surface area contributed by atoms with Crippen molar-refractivity contribution in [3.8, 4) is 0 Å². The van der Waals surface area contributed by atoms with Gasteiger partial charge in [-0.2, -0.15) is 0 Å². The average molecular weight is 333 g/mol. The van der Waals surface area contributed by atoms with E-state index in [9.17, 15) is 9.59 Å². The number of thiophene rings is 1. The highest BCUT2D eigenvalue weighted by atomic mass is 32.1. The van der Waals surface area contributed by atoms with Gasteiger partial charge >= 0.3 is 0 Å². The molecule has 1 amide bonds. The largest absolute Gasteiger partial charge is 0.370 e. The molecule has 0 aliphatic heterocycles. The number of primary amides is 1. The van der Waals surface area contributed by atoms with E-state index in [-0.39, 0.29) is 11.5 Å². The second kappa shape index (κ2) is 6.83. The van der Waals surface area contributed by atoms with Crippen LogP contribution in [0.2, 0.25) is 0 Å². The van der Waals surface area contributed by atoms with Gasteiger partial charge in [0, 0.05) is 24.3 Å². The monoisotopic (exact) mass is 333 g/mol. The molecule has 0 saturated heterocycles. The number of fused-ring (bicyclic) bond motifs is 3. The summed E-state index contributed by atoms with van der Waals surface area (Å²) in [6.45, 7) is 2.61. The van der Waals surface area contributed by atoms with E-state index in [0.29, 0.717) is 19.4 Å². The average Bonchev–Trinajstić information content (AvgIpc) is 2.88. The van der Waals surface area contributed by atoms with Crippen LogP contribution >= 0.6 is 11.3 Å². The number of rotatable bonds is 6. The first-order chi connectivity index (χ1) is 11.1. The molecule has 5 nitrogen and oxygen atoms in total. The number of hydrogen-bond acceptors (Lipinski definition) is 4. The highest BCUT2D eigenvalue weighted by molar-refractivity contribution is 7.18. The first-order valence-electron chi connectivity index (χ1n) is 8.44. The van der Waals surface area contributed by atoms with Gasteiger partial charge in [-0.05, 0) is 44.1 Å². The van der Waals surface area contributed by atoms with Crippen LogP contribution in [0.15, 0.2) is 4.79 Å². The molecule has 0 fully saturated rings. The predicted octanol–water partition coefficient (Wildman–Crippen LogP) is 2.55. The van der Waals surface area contributed by atoms with Gasteiger partial charge in [0.25, 0.3) is 5.56 Å². The summed E-state index contributed by atoms with van der Waals surface area (Å²) < 4.78 is 1.77. The standard InChI is InChI=1S/C17H23N3O2S/c1-2-6-14-19-16-15(11-7-3-4-8-12(11)23-16)17(22)20(14)10-5-9-13(18)21/h2-10H2,1H3,(H2,18,21). The first kappa shape index (κ1) is 16.2. The van der Waals surface area contributed by atoms with Crippen molar-refractivity contribution in [2.75, 3.05) is 0 Å². The lowest BCUT2D eigenvalue weighted by Gasteiger charge is -2.13. The topological polar surface area (TPSA) is 78.0 Å². The Balaban J connectivity index is 2.07. The van der Waals surface area contributed by atoms with Gasteiger partial charge in [0.05, 0.1) is 5.39 Å². The fourth-order valence-corrected chi connectivity index (χ4v) is 4.61. The number of nitrogens with two attached hydrogens (primary N) is 1. The van der Waals surface area contributed by atoms with Crippen molar-refractivity contribution in [1.29, 1.82) is 0 Å². The van der Waals surface area contributed by atoms with Gasteiger partial charge in [-0.3, -0.25) is 14.2 Å². The quantitative estimate of drug-likeness (QED) is 0.882. The van der Waals surface area contributed by atoms with Crippen molar-refractivity contribution in [1.82, 2.24) is 9.55 Å². The summed E-state index contributed by atoms with van der Waals surface area (Å²) in [7, 11) is 0. The Morgan fingerprint density at radius 3 is 2.87 bits per heavy atom. The minimum absolute atomic E-state index is 0.0716. The molecule has 0 atom stereocenters. The number of aromatic nitrogens is 2. The van der Waals surface area contributed by atoms with E-state index in [0.717, 1.165) is 48.1 Å². The maximum absolute atomic E-state index is 13.0. The number of hydrogen-bond donors (Lipinski definition) is 1. The molecule has 0 radical (unpaired) electrons. The van der Waals surface area contributed by atoms with Gasteiger partial charge in [0.1, 0.15) is 10.7 Å². The summed E-state index contributed by atoms with van der Waals surface area (Å²) in [5, 5.41) is 0.823. The van der Waals surface area contributed by atoms with Crippen molar-refractivity contribution >= 4 is 27.5 Å². The summed E-state index contributed by atoms with van der Waals surface area (Å²) in [4.78, 5) is 31.0. The maximum atomic E-state index is 13.0. The molecule has 1 aliphatic carbocycles. The van der Waals surface area contributed by atoms with Gasteiger partial charge in [-0.15, -0.1) is 11.3 Å². The summed E-state index contributed by atoms with van der Waals surface area (Å²) in [5.74, 6) is 0.519. The minimum Gasteiger partial charge on any atom is -0.370 e. The predicted molar refractivity (Wildman–Crippen MR) is 92.9 cm³/mol. The molecule has 0 aromatic carbocycles. The second-order valence-electron chi connectivity index (χ2n) is 6.20. The number of nitrogens with zero attached hydrogens (tertiary/aromatic N) is 2. The normalized spacial score (nSPS) is 14.1. The van der Waals surface area contributed by atoms with Gasteiger partial charge in [0.2, 0.25) is 5.91 Å². The Morgan fingerprint density at radius 2 is 2.13 bits per heavy atom. The van der Waals surface area contributed by atoms with E-state index in [1.54, 1.807) is 15.9 Å². The Labute approximate surface area is 139 Å². The van der Waals surface area contributed by atoms with Crippen molar-refractivity contribution in [2.45, 2.75) is 64.8 Å². The lowest BCUT2D eigenvalue weighted by atomic mass is 9.97. The van der Waals surface area contributed by atoms with Crippen LogP contribution in [0.25, 0.3) is 10.2 Å². The number of carbonyl (C=O) groups excluding carboxylic acids is 1. The second-order valence-corrected chi connectivity index (χ2v) is 7.28. The molecule has 23 heavy (non-hydrogen) atoms. The highest BCUT2D eigenvalue weighted by Gasteiger charge is 2.21. The van der Waals surface area contributed by atoms with E-state index in [2.05, 4.69) is 6.92 Å². The summed E-state index contributed by atoms with van der Waals surface area (Å²) in [6, 6.07) is 0. The molecular weight excluding hydrogens is 310 g/mol. The zero-order valence-corrected chi connectivity index (χ0v) is 14.4. The summed E-state index contributed by atoms with van der Waals surface area (Å²) in [6.07, 6.45) is 7.03. The van der Waals surface area contributed by atoms with Crippen LogP contribution in [0, 0.1) is 0 Å². The van der Waals surface area contributed by atoms with Gasteiger partial charge in [0.15, 0.2) is 0 Å². The SMILES string of the molecule is CCCc1nc2sc3c(c2c(=O)n1CCCC(N)=O)CCCC3. The molecule has 2 heterocycles. The Hall–Kier alpha value is -1.69. The minimum atomic E-state index is -0.322. The highest BCUT2D eigenvalue weighted by Crippen LogP contribution is 2.33. The third-order valence-electron chi connectivity index (χ3n) is 4.43. The third kappa shape index (κ3) is 3.17. The number of aryl methyl sites for hydroxylation is 3. The molecule has 2 aromatic heterocycles. The molecule has 1 aliphatic rings. The third-order valence-corrected chi connectivity index (χ3v) is 5.62. The number of amides is 1. The Bertz CT molecular complexity index is 791. The fourth-order valence-electron chi connectivity index (χ4n) is 3.34. The maximum Gasteiger partial charge on any atom is 0.262 e. The molecule has 0 spiro atoms. The van der Waals surface area contributed by atoms with Crippen LogP contribution in [-0.2, 0) is 30.6 Å². The summed E-state index contributed by atoms with van der Waals surface area (Å²) >= 11 is 1.69. The van der Waals surface area contributed by atoms with Crippen LogP contribution in [-0.4, -0.2) is 15.5 Å². The Kier molecular flexibility index (Phi) is 4.80. The summed E-state index contributed by atoms with van der Waals surface area (Å²) in [5.41, 5.74) is 6.51. The van der Waals surface area contributed by atoms with Crippen molar-refractivity contribution in [3.63, 3.8) is 0 Å². The van der Waals surface area contributed by atoms with Gasteiger partial charge in [-0.25, -0.2) is 4.98 Å². The van der Waals surface area contributed by atoms with Crippen molar-refractivity contribution in [2.24, 2.45) is 5.73 Å². The Morgan fingerprint density at radius 1 is 1.35 bits per heavy atom. The van der Waals surface area contributed by atoms with E-state index in [1.807, 2.05) is 0 Å². The van der Waals surface area contributed by atoms with Crippen LogP contribution < -0.4 is 11.3 Å². The van der Waals surface area contributed by atoms with Gasteiger partial charge in [-0.1, -0.05) is 6.92 Å². The van der Waals surface area contributed by atoms with Crippen molar-refractivity contribution < 1.29 is 4.79 Å². The number of carbonyl (C=O) groups is 1. The lowest BCUT2D eigenvalue weighted by molar-refractivity contribution is -0.118. The van der Waals surface area contributed by atoms with E-state index < -0.39 is 0 Å². The zero-order valence-electron chi connectivity index (χ0n) is 13.6. The molecule has 3 rings (SSSR count). The molecule has 0 unspecified atom stereocenters. The van der Waals surface area contributed by atoms with Crippen LogP contribution in [0.4, 0.5) is 0 Å². The van der Waals surface area contributed by atoms with E-state index in [1.165, 1.54) is 16.9 Å². The molecule has 2 N–H and O–H groups in total. The molecule has 124 valence electrons.